The number of oxime groups is 1. The lowest BCUT2D eigenvalue weighted by Gasteiger charge is -2.13. The number of hydrogen-bond donors (Lipinski definition) is 2. The van der Waals surface area contributed by atoms with Gasteiger partial charge in [-0.05, 0) is 12.1 Å². The number of sulfone groups is 1. The van der Waals surface area contributed by atoms with Gasteiger partial charge in [0.15, 0.2) is 9.84 Å². The van der Waals surface area contributed by atoms with E-state index in [1.165, 1.54) is 12.1 Å². The van der Waals surface area contributed by atoms with Gasteiger partial charge in [0.05, 0.1) is 11.5 Å². The van der Waals surface area contributed by atoms with Crippen LogP contribution in [0.5, 0.6) is 0 Å². The first-order valence-corrected chi connectivity index (χ1v) is 7.03. The number of rotatable bonds is 5. The van der Waals surface area contributed by atoms with E-state index >= 15 is 0 Å². The summed E-state index contributed by atoms with van der Waals surface area (Å²) in [5.41, 5.74) is -0.265. The molecule has 8 nitrogen and oxygen atoms in total. The van der Waals surface area contributed by atoms with Gasteiger partial charge < -0.3 is 10.3 Å². The number of nitro groups is 1. The van der Waals surface area contributed by atoms with Gasteiger partial charge in [0.1, 0.15) is 11.0 Å². The maximum atomic E-state index is 11.5. The van der Waals surface area contributed by atoms with Crippen molar-refractivity contribution >= 4 is 21.2 Å². The Morgan fingerprint density at radius 2 is 1.95 bits per heavy atom. The third-order valence-corrected chi connectivity index (χ3v) is 3.88. The van der Waals surface area contributed by atoms with E-state index in [2.05, 4.69) is 5.16 Å². The van der Waals surface area contributed by atoms with Crippen molar-refractivity contribution in [3.05, 3.63) is 39.9 Å². The van der Waals surface area contributed by atoms with Gasteiger partial charge >= 0.3 is 0 Å². The van der Waals surface area contributed by atoms with E-state index in [0.717, 1.165) is 18.4 Å². The summed E-state index contributed by atoms with van der Waals surface area (Å²) >= 11 is 0. The minimum absolute atomic E-state index is 0.178. The van der Waals surface area contributed by atoms with Gasteiger partial charge in [-0.1, -0.05) is 5.16 Å². The van der Waals surface area contributed by atoms with E-state index < -0.39 is 26.6 Å². The number of nitro benzene ring substituents is 1. The molecule has 0 aliphatic carbocycles. The third kappa shape index (κ3) is 3.48. The normalized spacial score (nSPS) is 14.1. The highest BCUT2D eigenvalue weighted by Gasteiger charge is 2.28. The molecule has 0 spiro atoms. The molecule has 0 bridgehead atoms. The highest BCUT2D eigenvalue weighted by molar-refractivity contribution is 7.92. The van der Waals surface area contributed by atoms with Gasteiger partial charge in [0.25, 0.3) is 5.69 Å². The van der Waals surface area contributed by atoms with Crippen LogP contribution in [-0.4, -0.2) is 47.5 Å². The first-order chi connectivity index (χ1) is 8.81. The SMILES string of the molecule is CS(=O)(=O)C(CO)/C(=N/O)c1ccc([N+](=O)[O-])cc1. The van der Waals surface area contributed by atoms with E-state index in [0.29, 0.717) is 0 Å². The number of non-ortho nitro benzene ring substituents is 1. The largest absolute Gasteiger partial charge is 0.411 e. The molecular weight excluding hydrogens is 276 g/mol. The van der Waals surface area contributed by atoms with Crippen LogP contribution in [0, 0.1) is 10.1 Å². The minimum atomic E-state index is -3.68. The van der Waals surface area contributed by atoms with Crippen LogP contribution >= 0.6 is 0 Å². The van der Waals surface area contributed by atoms with Crippen LogP contribution in [-0.2, 0) is 9.84 Å². The average molecular weight is 288 g/mol. The lowest BCUT2D eigenvalue weighted by Crippen LogP contribution is -2.33. The summed E-state index contributed by atoms with van der Waals surface area (Å²) in [6.45, 7) is -0.755. The topological polar surface area (TPSA) is 130 Å². The van der Waals surface area contributed by atoms with E-state index in [4.69, 9.17) is 10.3 Å². The van der Waals surface area contributed by atoms with Crippen molar-refractivity contribution in [2.24, 2.45) is 5.16 Å². The van der Waals surface area contributed by atoms with Crippen LogP contribution in [0.25, 0.3) is 0 Å². The zero-order valence-corrected chi connectivity index (χ0v) is 10.7. The Morgan fingerprint density at radius 1 is 1.42 bits per heavy atom. The molecule has 0 saturated carbocycles. The lowest BCUT2D eigenvalue weighted by molar-refractivity contribution is -0.384. The molecule has 9 heteroatoms. The second-order valence-electron chi connectivity index (χ2n) is 3.79. The summed E-state index contributed by atoms with van der Waals surface area (Å²) in [6.07, 6.45) is 0.893. The number of nitrogens with zero attached hydrogens (tertiary/aromatic N) is 2. The van der Waals surface area contributed by atoms with Gasteiger partial charge in [-0.2, -0.15) is 0 Å². The molecule has 0 radical (unpaired) electrons. The summed E-state index contributed by atoms with van der Waals surface area (Å²) in [4.78, 5) is 9.88. The van der Waals surface area contributed by atoms with Gasteiger partial charge in [-0.25, -0.2) is 8.42 Å². The van der Waals surface area contributed by atoms with Crippen LogP contribution in [0.3, 0.4) is 0 Å². The Morgan fingerprint density at radius 3 is 2.26 bits per heavy atom. The van der Waals surface area contributed by atoms with Crippen LogP contribution in [0.2, 0.25) is 0 Å². The Labute approximate surface area is 109 Å². The highest BCUT2D eigenvalue weighted by atomic mass is 32.2. The molecule has 0 aromatic heterocycles. The van der Waals surface area contributed by atoms with Crippen molar-refractivity contribution in [1.29, 1.82) is 0 Å². The van der Waals surface area contributed by atoms with E-state index in [-0.39, 0.29) is 17.0 Å². The molecule has 1 atom stereocenters. The Balaban J connectivity index is 3.21. The molecule has 1 rings (SSSR count). The predicted octanol–water partition coefficient (Wildman–Crippen LogP) is 0.179. The molecule has 1 unspecified atom stereocenters. The van der Waals surface area contributed by atoms with E-state index in [9.17, 15) is 18.5 Å². The number of aliphatic hydroxyl groups excluding tert-OH is 1. The van der Waals surface area contributed by atoms with Crippen molar-refractivity contribution in [2.75, 3.05) is 12.9 Å². The quantitative estimate of drug-likeness (QED) is 0.344. The maximum Gasteiger partial charge on any atom is 0.269 e. The average Bonchev–Trinajstić information content (AvgIpc) is 2.34. The van der Waals surface area contributed by atoms with Gasteiger partial charge in [-0.15, -0.1) is 0 Å². The predicted molar refractivity (Wildman–Crippen MR) is 67.1 cm³/mol. The second-order valence-corrected chi connectivity index (χ2v) is 6.02. The van der Waals surface area contributed by atoms with Gasteiger partial charge in [0.2, 0.25) is 0 Å². The molecule has 0 fully saturated rings. The molecule has 0 heterocycles. The zero-order valence-electron chi connectivity index (χ0n) is 9.92. The monoisotopic (exact) mass is 288 g/mol. The molecule has 0 amide bonds. The van der Waals surface area contributed by atoms with Crippen molar-refractivity contribution in [1.82, 2.24) is 0 Å². The smallest absolute Gasteiger partial charge is 0.269 e. The van der Waals surface area contributed by atoms with Gasteiger partial charge in [-0.3, -0.25) is 10.1 Å². The number of hydrogen-bond acceptors (Lipinski definition) is 7. The minimum Gasteiger partial charge on any atom is -0.411 e. The summed E-state index contributed by atoms with van der Waals surface area (Å²) in [5, 5.41) is 30.0. The standard InChI is InChI=1S/C10H12N2O6S/c1-19(17,18)9(6-13)10(11-14)7-2-4-8(5-3-7)12(15)16/h2-5,9,13-14H,6H2,1H3/b11-10+. The van der Waals surface area contributed by atoms with Crippen LogP contribution in [0.4, 0.5) is 5.69 Å². The maximum absolute atomic E-state index is 11.5. The summed E-state index contributed by atoms with van der Waals surface area (Å²) in [5.74, 6) is 0. The van der Waals surface area contributed by atoms with Crippen molar-refractivity contribution in [3.63, 3.8) is 0 Å². The fourth-order valence-electron chi connectivity index (χ4n) is 1.49. The first-order valence-electron chi connectivity index (χ1n) is 5.07. The molecule has 104 valence electrons. The molecule has 1 aromatic carbocycles. The van der Waals surface area contributed by atoms with Crippen LogP contribution in [0.1, 0.15) is 5.56 Å². The van der Waals surface area contributed by atoms with Crippen molar-refractivity contribution in [2.45, 2.75) is 5.25 Å². The van der Waals surface area contributed by atoms with E-state index in [1.807, 2.05) is 0 Å². The Bertz CT molecular complexity index is 593. The fraction of sp³-hybridized carbons (Fsp3) is 0.300. The molecule has 19 heavy (non-hydrogen) atoms. The molecule has 2 N–H and O–H groups in total. The zero-order chi connectivity index (χ0) is 14.6. The molecule has 0 saturated heterocycles. The second kappa shape index (κ2) is 5.76. The molecule has 0 aliphatic rings. The summed E-state index contributed by atoms with van der Waals surface area (Å²) in [6, 6.07) is 4.80. The van der Waals surface area contributed by atoms with Crippen molar-refractivity contribution in [3.8, 4) is 0 Å². The third-order valence-electron chi connectivity index (χ3n) is 2.47. The molecular formula is C10H12N2O6S. The summed E-state index contributed by atoms with van der Waals surface area (Å²) < 4.78 is 22.9. The van der Waals surface area contributed by atoms with Crippen LogP contribution in [0.15, 0.2) is 29.4 Å². The first kappa shape index (κ1) is 15.1. The van der Waals surface area contributed by atoms with Crippen molar-refractivity contribution < 1.29 is 23.7 Å². The Kier molecular flexibility index (Phi) is 4.57. The van der Waals surface area contributed by atoms with E-state index in [1.54, 1.807) is 0 Å². The van der Waals surface area contributed by atoms with Crippen LogP contribution < -0.4 is 0 Å². The number of aliphatic hydroxyl groups is 1. The fourth-order valence-corrected chi connectivity index (χ4v) is 2.35. The highest BCUT2D eigenvalue weighted by Crippen LogP contribution is 2.16. The Hall–Kier alpha value is -2.00. The summed E-state index contributed by atoms with van der Waals surface area (Å²) in [7, 11) is -3.68. The lowest BCUT2D eigenvalue weighted by atomic mass is 10.1. The number of benzene rings is 1. The molecule has 1 aromatic rings. The van der Waals surface area contributed by atoms with Gasteiger partial charge in [0, 0.05) is 24.0 Å². The molecule has 0 aliphatic heterocycles.